The standard InChI is InChI=1S/C18H21NO/c1-3-14-4-6-15(7-5-14)16-8-10-17(11-9-16)18-19-13(2)12-20-18/h6,8-12,14H,3-5,7H2,1-2H3. The lowest BCUT2D eigenvalue weighted by Gasteiger charge is -2.20. The molecule has 20 heavy (non-hydrogen) atoms. The van der Waals surface area contributed by atoms with Gasteiger partial charge in [-0.1, -0.05) is 31.6 Å². The van der Waals surface area contributed by atoms with Crippen molar-refractivity contribution in [2.75, 3.05) is 0 Å². The van der Waals surface area contributed by atoms with Crippen molar-refractivity contribution in [3.8, 4) is 11.5 Å². The Bertz CT molecular complexity index is 607. The molecule has 1 atom stereocenters. The molecule has 2 aromatic rings. The van der Waals surface area contributed by atoms with Gasteiger partial charge in [-0.25, -0.2) is 4.98 Å². The van der Waals surface area contributed by atoms with E-state index in [1.54, 1.807) is 6.26 Å². The molecular weight excluding hydrogens is 246 g/mol. The van der Waals surface area contributed by atoms with Crippen LogP contribution < -0.4 is 0 Å². The Kier molecular flexibility index (Phi) is 3.72. The summed E-state index contributed by atoms with van der Waals surface area (Å²) in [5.74, 6) is 1.59. The van der Waals surface area contributed by atoms with Crippen LogP contribution in [0.3, 0.4) is 0 Å². The predicted molar refractivity (Wildman–Crippen MR) is 82.3 cm³/mol. The molecule has 0 radical (unpaired) electrons. The SMILES string of the molecule is CCC1CC=C(c2ccc(-c3nc(C)co3)cc2)CC1. The number of rotatable bonds is 3. The van der Waals surface area contributed by atoms with Crippen molar-refractivity contribution < 1.29 is 4.42 Å². The number of hydrogen-bond donors (Lipinski definition) is 0. The van der Waals surface area contributed by atoms with Crippen molar-refractivity contribution in [1.29, 1.82) is 0 Å². The second kappa shape index (κ2) is 5.66. The van der Waals surface area contributed by atoms with Crippen LogP contribution in [0.25, 0.3) is 17.0 Å². The first-order valence-corrected chi connectivity index (χ1v) is 7.48. The molecule has 1 unspecified atom stereocenters. The van der Waals surface area contributed by atoms with Gasteiger partial charge in [-0.05, 0) is 55.4 Å². The molecule has 1 aliphatic carbocycles. The Morgan fingerprint density at radius 1 is 1.20 bits per heavy atom. The highest BCUT2D eigenvalue weighted by Gasteiger charge is 2.14. The van der Waals surface area contributed by atoms with Crippen molar-refractivity contribution in [3.05, 3.63) is 47.9 Å². The average Bonchev–Trinajstić information content (AvgIpc) is 2.94. The van der Waals surface area contributed by atoms with E-state index in [-0.39, 0.29) is 0 Å². The molecule has 0 spiro atoms. The summed E-state index contributed by atoms with van der Waals surface area (Å²) < 4.78 is 5.44. The molecular formula is C18H21NO. The van der Waals surface area contributed by atoms with Crippen LogP contribution in [0.1, 0.15) is 43.9 Å². The Labute approximate surface area is 120 Å². The third-order valence-electron chi connectivity index (χ3n) is 4.22. The number of oxazole rings is 1. The minimum absolute atomic E-state index is 0.706. The predicted octanol–water partition coefficient (Wildman–Crippen LogP) is 5.24. The smallest absolute Gasteiger partial charge is 0.226 e. The molecule has 0 bridgehead atoms. The summed E-state index contributed by atoms with van der Waals surface area (Å²) in [6, 6.07) is 8.58. The quantitative estimate of drug-likeness (QED) is 0.759. The van der Waals surface area contributed by atoms with Crippen LogP contribution in [0, 0.1) is 12.8 Å². The first-order chi connectivity index (χ1) is 9.76. The van der Waals surface area contributed by atoms with Gasteiger partial charge in [-0.2, -0.15) is 0 Å². The summed E-state index contributed by atoms with van der Waals surface area (Å²) in [7, 11) is 0. The summed E-state index contributed by atoms with van der Waals surface area (Å²) in [4.78, 5) is 4.36. The van der Waals surface area contributed by atoms with E-state index in [9.17, 15) is 0 Å². The maximum absolute atomic E-state index is 5.44. The molecule has 0 saturated heterocycles. The zero-order valence-corrected chi connectivity index (χ0v) is 12.2. The second-order valence-electron chi connectivity index (χ2n) is 5.65. The summed E-state index contributed by atoms with van der Waals surface area (Å²) in [6.45, 7) is 4.23. The van der Waals surface area contributed by atoms with Gasteiger partial charge in [0.15, 0.2) is 0 Å². The van der Waals surface area contributed by atoms with E-state index in [1.165, 1.54) is 36.8 Å². The lowest BCUT2D eigenvalue weighted by molar-refractivity contribution is 0.471. The zero-order chi connectivity index (χ0) is 13.9. The summed E-state index contributed by atoms with van der Waals surface area (Å²) in [6.07, 6.45) is 9.16. The molecule has 1 heterocycles. The van der Waals surface area contributed by atoms with Crippen LogP contribution in [-0.4, -0.2) is 4.98 Å². The fourth-order valence-electron chi connectivity index (χ4n) is 2.83. The normalized spacial score (nSPS) is 18.9. The number of hydrogen-bond acceptors (Lipinski definition) is 2. The fraction of sp³-hybridized carbons (Fsp3) is 0.389. The number of aromatic nitrogens is 1. The number of aryl methyl sites for hydroxylation is 1. The van der Waals surface area contributed by atoms with Gasteiger partial charge in [0.2, 0.25) is 5.89 Å². The van der Waals surface area contributed by atoms with Gasteiger partial charge in [0.1, 0.15) is 6.26 Å². The van der Waals surface area contributed by atoms with E-state index in [2.05, 4.69) is 42.2 Å². The lowest BCUT2D eigenvalue weighted by Crippen LogP contribution is -2.03. The van der Waals surface area contributed by atoms with Gasteiger partial charge in [0.05, 0.1) is 5.69 Å². The van der Waals surface area contributed by atoms with Crippen molar-refractivity contribution in [3.63, 3.8) is 0 Å². The van der Waals surface area contributed by atoms with Gasteiger partial charge in [-0.3, -0.25) is 0 Å². The van der Waals surface area contributed by atoms with Crippen molar-refractivity contribution in [2.45, 2.75) is 39.5 Å². The van der Waals surface area contributed by atoms with Crippen LogP contribution in [0.4, 0.5) is 0 Å². The Morgan fingerprint density at radius 2 is 1.95 bits per heavy atom. The zero-order valence-electron chi connectivity index (χ0n) is 12.2. The van der Waals surface area contributed by atoms with Crippen molar-refractivity contribution >= 4 is 5.57 Å². The van der Waals surface area contributed by atoms with E-state index in [1.807, 2.05) is 6.92 Å². The van der Waals surface area contributed by atoms with Gasteiger partial charge in [0, 0.05) is 5.56 Å². The van der Waals surface area contributed by atoms with E-state index in [4.69, 9.17) is 4.42 Å². The molecule has 104 valence electrons. The van der Waals surface area contributed by atoms with Crippen LogP contribution in [0.5, 0.6) is 0 Å². The molecule has 3 rings (SSSR count). The Morgan fingerprint density at radius 3 is 2.50 bits per heavy atom. The van der Waals surface area contributed by atoms with Gasteiger partial charge < -0.3 is 4.42 Å². The first-order valence-electron chi connectivity index (χ1n) is 7.48. The first kappa shape index (κ1) is 13.2. The third kappa shape index (κ3) is 2.69. The topological polar surface area (TPSA) is 26.0 Å². The van der Waals surface area contributed by atoms with Crippen molar-refractivity contribution in [2.24, 2.45) is 5.92 Å². The monoisotopic (exact) mass is 267 g/mol. The molecule has 0 N–H and O–H groups in total. The minimum atomic E-state index is 0.706. The lowest BCUT2D eigenvalue weighted by atomic mass is 9.85. The largest absolute Gasteiger partial charge is 0.444 e. The summed E-state index contributed by atoms with van der Waals surface area (Å²) in [5.41, 5.74) is 4.80. The van der Waals surface area contributed by atoms with Crippen LogP contribution >= 0.6 is 0 Å². The Balaban J connectivity index is 1.78. The van der Waals surface area contributed by atoms with Gasteiger partial charge >= 0.3 is 0 Å². The highest BCUT2D eigenvalue weighted by atomic mass is 16.3. The van der Waals surface area contributed by atoms with Crippen LogP contribution in [0.2, 0.25) is 0 Å². The Hall–Kier alpha value is -1.83. The molecule has 0 aliphatic heterocycles. The van der Waals surface area contributed by atoms with Crippen LogP contribution in [-0.2, 0) is 0 Å². The molecule has 1 aromatic carbocycles. The second-order valence-corrected chi connectivity index (χ2v) is 5.65. The molecule has 2 nitrogen and oxygen atoms in total. The molecule has 2 heteroatoms. The summed E-state index contributed by atoms with van der Waals surface area (Å²) in [5, 5.41) is 0. The molecule has 0 amide bonds. The van der Waals surface area contributed by atoms with Crippen molar-refractivity contribution in [1.82, 2.24) is 4.98 Å². The van der Waals surface area contributed by atoms with Gasteiger partial charge in [-0.15, -0.1) is 0 Å². The maximum atomic E-state index is 5.44. The van der Waals surface area contributed by atoms with Gasteiger partial charge in [0.25, 0.3) is 0 Å². The van der Waals surface area contributed by atoms with E-state index < -0.39 is 0 Å². The highest BCUT2D eigenvalue weighted by Crippen LogP contribution is 2.32. The molecule has 1 aliphatic rings. The van der Waals surface area contributed by atoms with E-state index >= 15 is 0 Å². The number of benzene rings is 1. The fourth-order valence-corrected chi connectivity index (χ4v) is 2.83. The average molecular weight is 267 g/mol. The highest BCUT2D eigenvalue weighted by molar-refractivity contribution is 5.68. The number of allylic oxidation sites excluding steroid dienone is 2. The van der Waals surface area contributed by atoms with E-state index in [0.29, 0.717) is 5.89 Å². The van der Waals surface area contributed by atoms with Crippen LogP contribution in [0.15, 0.2) is 41.0 Å². The molecule has 0 fully saturated rings. The summed E-state index contributed by atoms with van der Waals surface area (Å²) >= 11 is 0. The molecule has 1 aromatic heterocycles. The minimum Gasteiger partial charge on any atom is -0.444 e. The maximum Gasteiger partial charge on any atom is 0.226 e. The third-order valence-corrected chi connectivity index (χ3v) is 4.22. The number of nitrogens with zero attached hydrogens (tertiary/aromatic N) is 1. The van der Waals surface area contributed by atoms with E-state index in [0.717, 1.165) is 17.2 Å². The molecule has 0 saturated carbocycles.